The van der Waals surface area contributed by atoms with Crippen molar-refractivity contribution in [3.63, 3.8) is 0 Å². The number of primary sulfonamides is 1. The number of hydrogen-bond acceptors (Lipinski definition) is 4. The Kier molecular flexibility index (Phi) is 4.31. The zero-order chi connectivity index (χ0) is 15.6. The lowest BCUT2D eigenvalue weighted by molar-refractivity contribution is 0.0693. The molecule has 0 atom stereocenters. The van der Waals surface area contributed by atoms with Crippen molar-refractivity contribution in [1.29, 1.82) is 0 Å². The number of carbonyl (C=O) groups is 1. The molecule has 0 saturated heterocycles. The van der Waals surface area contributed by atoms with Gasteiger partial charge in [0.25, 0.3) is 0 Å². The zero-order valence-electron chi connectivity index (χ0n) is 10.5. The molecule has 0 spiro atoms. The van der Waals surface area contributed by atoms with E-state index in [0.29, 0.717) is 4.90 Å². The molecule has 21 heavy (non-hydrogen) atoms. The van der Waals surface area contributed by atoms with Crippen molar-refractivity contribution in [1.82, 2.24) is 0 Å². The standard InChI is InChI=1S/C13H10FNO4S2/c14-10-7-8(21(15,18)19)5-6-12(10)20-11-4-2-1-3-9(11)13(16)17/h1-7H,(H,16,17)(H2,15,18,19). The van der Waals surface area contributed by atoms with Crippen LogP contribution in [-0.2, 0) is 10.0 Å². The highest BCUT2D eigenvalue weighted by atomic mass is 32.2. The van der Waals surface area contributed by atoms with Gasteiger partial charge < -0.3 is 5.11 Å². The van der Waals surface area contributed by atoms with Crippen molar-refractivity contribution in [2.45, 2.75) is 14.7 Å². The number of carboxylic acids is 1. The summed E-state index contributed by atoms with van der Waals surface area (Å²) in [5.41, 5.74) is 0.0393. The van der Waals surface area contributed by atoms with Crippen LogP contribution in [0.3, 0.4) is 0 Å². The van der Waals surface area contributed by atoms with Gasteiger partial charge in [-0.25, -0.2) is 22.7 Å². The molecule has 0 fully saturated rings. The summed E-state index contributed by atoms with van der Waals surface area (Å²) in [4.78, 5) is 11.2. The first kappa shape index (κ1) is 15.5. The topological polar surface area (TPSA) is 97.5 Å². The molecule has 0 saturated carbocycles. The van der Waals surface area contributed by atoms with Crippen LogP contribution in [0, 0.1) is 5.82 Å². The Morgan fingerprint density at radius 1 is 1.14 bits per heavy atom. The second-order valence-corrected chi connectivity index (χ2v) is 6.69. The van der Waals surface area contributed by atoms with Gasteiger partial charge in [-0.2, -0.15) is 0 Å². The number of carboxylic acid groups (broad SMARTS) is 1. The van der Waals surface area contributed by atoms with E-state index >= 15 is 0 Å². The molecule has 0 bridgehead atoms. The molecule has 0 amide bonds. The van der Waals surface area contributed by atoms with E-state index in [2.05, 4.69) is 0 Å². The number of rotatable bonds is 4. The van der Waals surface area contributed by atoms with E-state index in [1.807, 2.05) is 0 Å². The number of sulfonamides is 1. The van der Waals surface area contributed by atoms with Crippen LogP contribution in [-0.4, -0.2) is 19.5 Å². The van der Waals surface area contributed by atoms with E-state index < -0.39 is 21.8 Å². The van der Waals surface area contributed by atoms with Crippen LogP contribution in [0.5, 0.6) is 0 Å². The molecule has 110 valence electrons. The van der Waals surface area contributed by atoms with Crippen molar-refractivity contribution in [3.05, 3.63) is 53.8 Å². The maximum absolute atomic E-state index is 13.9. The zero-order valence-corrected chi connectivity index (χ0v) is 12.1. The maximum atomic E-state index is 13.9. The normalized spacial score (nSPS) is 11.3. The maximum Gasteiger partial charge on any atom is 0.336 e. The summed E-state index contributed by atoms with van der Waals surface area (Å²) in [7, 11) is -3.98. The highest BCUT2D eigenvalue weighted by Gasteiger charge is 2.15. The smallest absolute Gasteiger partial charge is 0.336 e. The molecule has 8 heteroatoms. The Hall–Kier alpha value is -1.90. The first-order chi connectivity index (χ1) is 9.79. The van der Waals surface area contributed by atoms with Gasteiger partial charge in [-0.15, -0.1) is 0 Å². The van der Waals surface area contributed by atoms with Crippen molar-refractivity contribution in [3.8, 4) is 0 Å². The molecule has 0 radical (unpaired) electrons. The molecule has 0 aliphatic rings. The number of aromatic carboxylic acids is 1. The van der Waals surface area contributed by atoms with E-state index in [9.17, 15) is 17.6 Å². The second-order valence-electron chi connectivity index (χ2n) is 4.04. The Morgan fingerprint density at radius 3 is 2.38 bits per heavy atom. The third-order valence-corrected chi connectivity index (χ3v) is 4.61. The van der Waals surface area contributed by atoms with Crippen LogP contribution < -0.4 is 5.14 Å². The minimum atomic E-state index is -3.98. The van der Waals surface area contributed by atoms with E-state index in [4.69, 9.17) is 10.2 Å². The number of nitrogens with two attached hydrogens (primary N) is 1. The fourth-order valence-corrected chi connectivity index (χ4v) is 3.06. The van der Waals surface area contributed by atoms with Crippen LogP contribution >= 0.6 is 11.8 Å². The SMILES string of the molecule is NS(=O)(=O)c1ccc(Sc2ccccc2C(=O)O)c(F)c1. The van der Waals surface area contributed by atoms with Crippen molar-refractivity contribution in [2.24, 2.45) is 5.14 Å². The minimum Gasteiger partial charge on any atom is -0.478 e. The van der Waals surface area contributed by atoms with Crippen LogP contribution in [0.25, 0.3) is 0 Å². The summed E-state index contributed by atoms with van der Waals surface area (Å²) in [5.74, 6) is -1.91. The van der Waals surface area contributed by atoms with Gasteiger partial charge in [-0.1, -0.05) is 23.9 Å². The van der Waals surface area contributed by atoms with Crippen molar-refractivity contribution < 1.29 is 22.7 Å². The first-order valence-corrected chi connectivity index (χ1v) is 7.98. The molecule has 2 rings (SSSR count). The summed E-state index contributed by atoms with van der Waals surface area (Å²) in [6.07, 6.45) is 0. The molecule has 0 unspecified atom stereocenters. The van der Waals surface area contributed by atoms with Gasteiger partial charge in [-0.05, 0) is 30.3 Å². The van der Waals surface area contributed by atoms with E-state index in [1.165, 1.54) is 18.2 Å². The molecule has 0 aliphatic carbocycles. The highest BCUT2D eigenvalue weighted by molar-refractivity contribution is 7.99. The molecule has 5 nitrogen and oxygen atoms in total. The molecule has 0 heterocycles. The number of hydrogen-bond donors (Lipinski definition) is 2. The molecule has 0 aromatic heterocycles. The first-order valence-electron chi connectivity index (χ1n) is 5.61. The summed E-state index contributed by atoms with van der Waals surface area (Å²) < 4.78 is 36.2. The van der Waals surface area contributed by atoms with E-state index in [1.54, 1.807) is 18.2 Å². The molecule has 0 aliphatic heterocycles. The monoisotopic (exact) mass is 327 g/mol. The number of benzene rings is 2. The Balaban J connectivity index is 2.40. The van der Waals surface area contributed by atoms with Crippen LogP contribution in [0.2, 0.25) is 0 Å². The van der Waals surface area contributed by atoms with Gasteiger partial charge in [-0.3, -0.25) is 0 Å². The Morgan fingerprint density at radius 2 is 1.81 bits per heavy atom. The summed E-state index contributed by atoms with van der Waals surface area (Å²) in [5, 5.41) is 14.0. The predicted octanol–water partition coefficient (Wildman–Crippen LogP) is 2.32. The third-order valence-electron chi connectivity index (χ3n) is 2.57. The molecule has 2 aromatic rings. The van der Waals surface area contributed by atoms with Crippen molar-refractivity contribution in [2.75, 3.05) is 0 Å². The fraction of sp³-hybridized carbons (Fsp3) is 0. The lowest BCUT2D eigenvalue weighted by atomic mass is 10.2. The largest absolute Gasteiger partial charge is 0.478 e. The Labute approximate surface area is 124 Å². The lowest BCUT2D eigenvalue weighted by Crippen LogP contribution is -2.12. The Bertz CT molecular complexity index is 806. The lowest BCUT2D eigenvalue weighted by Gasteiger charge is -2.07. The molecular formula is C13H10FNO4S2. The van der Waals surface area contributed by atoms with Crippen LogP contribution in [0.4, 0.5) is 4.39 Å². The highest BCUT2D eigenvalue weighted by Crippen LogP contribution is 2.33. The average Bonchev–Trinajstić information content (AvgIpc) is 2.40. The van der Waals surface area contributed by atoms with Gasteiger partial charge in [0.2, 0.25) is 10.0 Å². The summed E-state index contributed by atoms with van der Waals surface area (Å²) >= 11 is 0.897. The molecule has 2 aromatic carbocycles. The fourth-order valence-electron chi connectivity index (χ4n) is 1.59. The third kappa shape index (κ3) is 3.60. The quantitative estimate of drug-likeness (QED) is 0.898. The van der Waals surface area contributed by atoms with Gasteiger partial charge in [0, 0.05) is 9.79 Å². The van der Waals surface area contributed by atoms with Crippen LogP contribution in [0.15, 0.2) is 57.2 Å². The van der Waals surface area contributed by atoms with E-state index in [-0.39, 0.29) is 15.4 Å². The van der Waals surface area contributed by atoms with Gasteiger partial charge in [0.1, 0.15) is 5.82 Å². The molecular weight excluding hydrogens is 317 g/mol. The second kappa shape index (κ2) is 5.84. The predicted molar refractivity (Wildman–Crippen MR) is 75.3 cm³/mol. The summed E-state index contributed by atoms with van der Waals surface area (Å²) in [6.45, 7) is 0. The van der Waals surface area contributed by atoms with Crippen molar-refractivity contribution >= 4 is 27.8 Å². The average molecular weight is 327 g/mol. The van der Waals surface area contributed by atoms with Crippen LogP contribution in [0.1, 0.15) is 10.4 Å². The summed E-state index contributed by atoms with van der Waals surface area (Å²) in [6, 6.07) is 9.37. The minimum absolute atomic E-state index is 0.0393. The number of halogens is 1. The van der Waals surface area contributed by atoms with Gasteiger partial charge in [0.05, 0.1) is 10.5 Å². The van der Waals surface area contributed by atoms with Gasteiger partial charge >= 0.3 is 5.97 Å². The van der Waals surface area contributed by atoms with E-state index in [0.717, 1.165) is 17.8 Å². The molecule has 3 N–H and O–H groups in total. The van der Waals surface area contributed by atoms with Gasteiger partial charge in [0.15, 0.2) is 0 Å².